The Morgan fingerprint density at radius 3 is 2.70 bits per heavy atom. The first-order valence-electron chi connectivity index (χ1n) is 10.9. The van der Waals surface area contributed by atoms with Gasteiger partial charge in [-0.2, -0.15) is 0 Å². The van der Waals surface area contributed by atoms with Gasteiger partial charge in [-0.25, -0.2) is 4.98 Å². The zero-order valence-electron chi connectivity index (χ0n) is 21.7. The normalized spacial score (nSPS) is 29.5. The fourth-order valence-corrected chi connectivity index (χ4v) is 1.53. The van der Waals surface area contributed by atoms with Gasteiger partial charge >= 0.3 is 7.12 Å². The van der Waals surface area contributed by atoms with Crippen molar-refractivity contribution in [2.24, 2.45) is 0 Å². The topological polar surface area (TPSA) is 49.8 Å². The fraction of sp³-hybridized carbons (Fsp3) is 0.643. The summed E-state index contributed by atoms with van der Waals surface area (Å²) >= 11 is 0. The van der Waals surface area contributed by atoms with Crippen molar-refractivity contribution >= 4 is 12.6 Å². The van der Waals surface area contributed by atoms with Crippen LogP contribution in [0, 0.1) is 0 Å². The van der Waals surface area contributed by atoms with Crippen LogP contribution in [0.3, 0.4) is 0 Å². The van der Waals surface area contributed by atoms with Gasteiger partial charge in [-0.05, 0) is 39.2 Å². The van der Waals surface area contributed by atoms with Gasteiger partial charge in [0.05, 0.1) is 31.5 Å². The number of rotatable bonds is 5. The van der Waals surface area contributed by atoms with Crippen molar-refractivity contribution in [1.82, 2.24) is 4.98 Å². The van der Waals surface area contributed by atoms with Crippen LogP contribution in [0.1, 0.15) is 41.4 Å². The van der Waals surface area contributed by atoms with E-state index in [-0.39, 0.29) is 5.46 Å². The smallest absolute Gasteiger partial charge is 0.475 e. The quantitative estimate of drug-likeness (QED) is 0.767. The van der Waals surface area contributed by atoms with Gasteiger partial charge in [0.1, 0.15) is 6.56 Å². The van der Waals surface area contributed by atoms with Crippen LogP contribution >= 0.6 is 0 Å². The summed E-state index contributed by atoms with van der Waals surface area (Å²) in [5.74, 6) is -0.844. The largest absolute Gasteiger partial charge is 0.495 e. The molecule has 0 unspecified atom stereocenters. The Bertz CT molecular complexity index is 814. The van der Waals surface area contributed by atoms with Gasteiger partial charge in [0, 0.05) is 19.3 Å². The van der Waals surface area contributed by atoms with E-state index in [4.69, 9.17) is 27.8 Å². The molecule has 0 N–H and O–H groups in total. The minimum Gasteiger partial charge on any atom is -0.475 e. The third kappa shape index (κ3) is 3.14. The molecule has 0 bridgehead atoms. The summed E-state index contributed by atoms with van der Waals surface area (Å²) < 4.78 is 96.5. The van der Waals surface area contributed by atoms with Crippen LogP contribution in [-0.2, 0) is 14.0 Å². The monoisotopic (exact) mass is 289 g/mol. The Morgan fingerprint density at radius 1 is 1.35 bits per heavy atom. The van der Waals surface area contributed by atoms with Crippen LogP contribution in [0.4, 0.5) is 0 Å². The molecule has 0 amide bonds. The SMILES string of the molecule is [2H]c1nc(OC([2H])([2H])C([2H])([2H])OC([2H])([2H])[2H])c([2H])c(B2OC(C)(C)C(C)(C)O2)c1[2H]. The van der Waals surface area contributed by atoms with Crippen LogP contribution in [0.5, 0.6) is 5.88 Å². The van der Waals surface area contributed by atoms with Crippen LogP contribution in [-0.4, -0.2) is 43.5 Å². The van der Waals surface area contributed by atoms with E-state index in [9.17, 15) is 0 Å². The maximum atomic E-state index is 8.28. The first-order chi connectivity index (χ1) is 13.2. The highest BCUT2D eigenvalue weighted by Gasteiger charge is 2.51. The maximum absolute atomic E-state index is 8.28. The Balaban J connectivity index is 2.47. The molecule has 0 spiro atoms. The zero-order chi connectivity index (χ0) is 23.5. The number of ether oxygens (including phenoxy) is 2. The molecular weight excluding hydrogens is 257 g/mol. The molecule has 20 heavy (non-hydrogen) atoms. The van der Waals surface area contributed by atoms with E-state index < -0.39 is 62.6 Å². The lowest BCUT2D eigenvalue weighted by molar-refractivity contribution is 0.00578. The minimum absolute atomic E-state index is 0.253. The lowest BCUT2D eigenvalue weighted by Gasteiger charge is -2.32. The summed E-state index contributed by atoms with van der Waals surface area (Å²) in [6.45, 7) is 0.0746. The molecule has 0 atom stereocenters. The van der Waals surface area contributed by atoms with Crippen LogP contribution < -0.4 is 10.2 Å². The van der Waals surface area contributed by atoms with Crippen LogP contribution in [0.2, 0.25) is 0 Å². The third-order valence-electron chi connectivity index (χ3n) is 3.32. The molecule has 1 aromatic rings. The summed E-state index contributed by atoms with van der Waals surface area (Å²) in [6.07, 6.45) is -0.696. The van der Waals surface area contributed by atoms with E-state index in [1.54, 1.807) is 27.7 Å². The van der Waals surface area contributed by atoms with Gasteiger partial charge in [-0.3, -0.25) is 0 Å². The average Bonchev–Trinajstić information content (AvgIpc) is 2.70. The van der Waals surface area contributed by atoms with Crippen molar-refractivity contribution in [2.45, 2.75) is 38.9 Å². The molecule has 5 nitrogen and oxygen atoms in total. The Hall–Kier alpha value is -1.11. The zero-order valence-corrected chi connectivity index (χ0v) is 11.7. The lowest BCUT2D eigenvalue weighted by atomic mass is 9.80. The number of methoxy groups -OCH3 is 1. The highest BCUT2D eigenvalue weighted by atomic mass is 16.7. The van der Waals surface area contributed by atoms with Gasteiger partial charge in [0.25, 0.3) is 0 Å². The number of nitrogens with zero attached hydrogens (tertiary/aromatic N) is 1. The molecule has 0 aromatic carbocycles. The number of hydrogen-bond acceptors (Lipinski definition) is 5. The van der Waals surface area contributed by atoms with Crippen molar-refractivity contribution in [3.8, 4) is 5.88 Å². The predicted molar refractivity (Wildman–Crippen MR) is 77.3 cm³/mol. The molecule has 1 saturated heterocycles. The van der Waals surface area contributed by atoms with Crippen molar-refractivity contribution in [2.75, 3.05) is 20.2 Å². The molecule has 2 rings (SSSR count). The van der Waals surface area contributed by atoms with Gasteiger partial charge in [0.2, 0.25) is 5.88 Å². The molecule has 1 aromatic heterocycles. The van der Waals surface area contributed by atoms with Gasteiger partial charge in [0.15, 0.2) is 0 Å². The first kappa shape index (κ1) is 6.77. The molecule has 0 aliphatic carbocycles. The van der Waals surface area contributed by atoms with E-state index >= 15 is 0 Å². The summed E-state index contributed by atoms with van der Waals surface area (Å²) in [5, 5.41) is 0. The first-order valence-corrected chi connectivity index (χ1v) is 5.93. The standard InChI is InChI=1S/C14H22BNO4/c1-13(2)14(3,4)20-15(19-13)11-6-7-16-12(10-11)18-9-8-17-5/h6-7,10H,8-9H2,1-5H3/i5D3,6D,7D,8D2,9D2,10D. The van der Waals surface area contributed by atoms with Crippen LogP contribution in [0.15, 0.2) is 18.3 Å². The molecule has 6 heteroatoms. The van der Waals surface area contributed by atoms with Crippen molar-refractivity contribution in [3.63, 3.8) is 0 Å². The minimum atomic E-state index is -3.46. The highest BCUT2D eigenvalue weighted by molar-refractivity contribution is 6.62. The molecular formula is C14H22BNO4. The Labute approximate surface area is 134 Å². The second-order valence-corrected chi connectivity index (χ2v) is 5.19. The second kappa shape index (κ2) is 5.72. The molecule has 110 valence electrons. The van der Waals surface area contributed by atoms with E-state index in [0.717, 1.165) is 0 Å². The highest BCUT2D eigenvalue weighted by Crippen LogP contribution is 2.36. The van der Waals surface area contributed by atoms with Gasteiger partial charge in [-0.15, -0.1) is 0 Å². The Kier molecular flexibility index (Phi) is 1.93. The lowest BCUT2D eigenvalue weighted by Crippen LogP contribution is -2.41. The van der Waals surface area contributed by atoms with E-state index in [2.05, 4.69) is 9.72 Å². The molecule has 0 radical (unpaired) electrons. The molecule has 2 heterocycles. The van der Waals surface area contributed by atoms with Gasteiger partial charge in [-0.1, -0.05) is 0 Å². The summed E-state index contributed by atoms with van der Waals surface area (Å²) in [5.41, 5.74) is -1.91. The van der Waals surface area contributed by atoms with E-state index in [0.29, 0.717) is 0 Å². The molecule has 0 saturated carbocycles. The summed E-state index contributed by atoms with van der Waals surface area (Å²) in [6, 6.07) is -1.17. The number of pyridine rings is 1. The number of aromatic nitrogens is 1. The maximum Gasteiger partial charge on any atom is 0.495 e. The Morgan fingerprint density at radius 2 is 2.05 bits per heavy atom. The molecule has 1 aliphatic heterocycles. The van der Waals surface area contributed by atoms with Crippen molar-refractivity contribution in [3.05, 3.63) is 18.3 Å². The van der Waals surface area contributed by atoms with E-state index in [1.165, 1.54) is 0 Å². The van der Waals surface area contributed by atoms with Crippen molar-refractivity contribution < 1.29 is 32.5 Å². The summed E-state index contributed by atoms with van der Waals surface area (Å²) in [7, 11) is -4.53. The molecule has 1 aliphatic rings. The second-order valence-electron chi connectivity index (χ2n) is 5.19. The predicted octanol–water partition coefficient (Wildman–Crippen LogP) is 1.41. The fourth-order valence-electron chi connectivity index (χ4n) is 1.53. The molecule has 1 fully saturated rings. The van der Waals surface area contributed by atoms with Crippen molar-refractivity contribution in [1.29, 1.82) is 0 Å². The van der Waals surface area contributed by atoms with Crippen LogP contribution in [0.25, 0.3) is 0 Å². The summed E-state index contributed by atoms with van der Waals surface area (Å²) in [4.78, 5) is 3.53. The third-order valence-corrected chi connectivity index (χ3v) is 3.32. The number of hydrogen-bond donors (Lipinski definition) is 0. The van der Waals surface area contributed by atoms with E-state index in [1.807, 2.05) is 0 Å². The average molecular weight is 289 g/mol. The van der Waals surface area contributed by atoms with Gasteiger partial charge < -0.3 is 18.8 Å².